The number of benzene rings is 1. The van der Waals surface area contributed by atoms with Gasteiger partial charge in [-0.1, -0.05) is 13.3 Å². The predicted octanol–water partition coefficient (Wildman–Crippen LogP) is 2.96. The molecule has 0 atom stereocenters. The van der Waals surface area contributed by atoms with Crippen molar-refractivity contribution >= 4 is 23.2 Å². The highest BCUT2D eigenvalue weighted by molar-refractivity contribution is 7.09. The first-order chi connectivity index (χ1) is 12.0. The molecule has 134 valence electrons. The number of carbonyl (C=O) groups is 2. The number of hydrogen-bond acceptors (Lipinski definition) is 6. The van der Waals surface area contributed by atoms with Crippen molar-refractivity contribution in [2.24, 2.45) is 0 Å². The molecule has 0 aliphatic rings. The first kappa shape index (κ1) is 18.7. The van der Waals surface area contributed by atoms with Crippen LogP contribution in [0.2, 0.25) is 0 Å². The molecule has 0 saturated carbocycles. The molecule has 0 aliphatic carbocycles. The first-order valence-corrected chi connectivity index (χ1v) is 8.69. The Labute approximate surface area is 149 Å². The summed E-state index contributed by atoms with van der Waals surface area (Å²) in [6.07, 6.45) is 1.97. The third kappa shape index (κ3) is 5.18. The number of ether oxygens (including phenoxy) is 2. The summed E-state index contributed by atoms with van der Waals surface area (Å²) >= 11 is 1.18. The largest absolute Gasteiger partial charge is 0.493 e. The van der Waals surface area contributed by atoms with Gasteiger partial charge >= 0.3 is 5.97 Å². The van der Waals surface area contributed by atoms with E-state index in [1.165, 1.54) is 23.8 Å². The molecule has 0 fully saturated rings. The van der Waals surface area contributed by atoms with E-state index in [4.69, 9.17) is 14.6 Å². The van der Waals surface area contributed by atoms with Gasteiger partial charge < -0.3 is 19.9 Å². The molecule has 1 aromatic heterocycles. The first-order valence-electron chi connectivity index (χ1n) is 7.81. The smallest absolute Gasteiger partial charge is 0.355 e. The molecule has 1 amide bonds. The second-order valence-electron chi connectivity index (χ2n) is 5.18. The highest BCUT2D eigenvalue weighted by atomic mass is 32.1. The second-order valence-corrected chi connectivity index (χ2v) is 6.12. The molecule has 2 rings (SSSR count). The number of aromatic nitrogens is 1. The number of aromatic carboxylic acids is 1. The summed E-state index contributed by atoms with van der Waals surface area (Å²) in [4.78, 5) is 27.0. The zero-order valence-electron chi connectivity index (χ0n) is 14.1. The van der Waals surface area contributed by atoms with Crippen molar-refractivity contribution in [3.8, 4) is 11.5 Å². The Kier molecular flexibility index (Phi) is 6.76. The third-order valence-corrected chi connectivity index (χ3v) is 4.20. The summed E-state index contributed by atoms with van der Waals surface area (Å²) in [5, 5.41) is 13.5. The van der Waals surface area contributed by atoms with Gasteiger partial charge in [-0.15, -0.1) is 11.3 Å². The number of amides is 1. The molecule has 0 spiro atoms. The van der Waals surface area contributed by atoms with Crippen molar-refractivity contribution in [1.29, 1.82) is 0 Å². The molecule has 0 radical (unpaired) electrons. The van der Waals surface area contributed by atoms with Gasteiger partial charge in [0.05, 0.1) is 20.3 Å². The summed E-state index contributed by atoms with van der Waals surface area (Å²) in [6.45, 7) is 2.83. The van der Waals surface area contributed by atoms with Gasteiger partial charge in [0.1, 0.15) is 5.01 Å². The maximum Gasteiger partial charge on any atom is 0.355 e. The SMILES string of the molecule is CCCCOc1ccc(C(=O)NCc2nc(C(=O)O)cs2)cc1OC. The molecule has 2 aromatic rings. The minimum Gasteiger partial charge on any atom is -0.493 e. The average Bonchev–Trinajstić information content (AvgIpc) is 3.09. The third-order valence-electron chi connectivity index (χ3n) is 3.35. The van der Waals surface area contributed by atoms with Crippen molar-refractivity contribution in [2.45, 2.75) is 26.3 Å². The number of rotatable bonds is 9. The normalized spacial score (nSPS) is 10.3. The van der Waals surface area contributed by atoms with E-state index >= 15 is 0 Å². The molecular formula is C17H20N2O5S. The monoisotopic (exact) mass is 364 g/mol. The van der Waals surface area contributed by atoms with Crippen molar-refractivity contribution < 1.29 is 24.2 Å². The Hall–Kier alpha value is -2.61. The zero-order chi connectivity index (χ0) is 18.2. The molecule has 8 heteroatoms. The number of hydrogen-bond donors (Lipinski definition) is 2. The minimum absolute atomic E-state index is 0.0236. The van der Waals surface area contributed by atoms with Crippen molar-refractivity contribution in [2.75, 3.05) is 13.7 Å². The molecule has 1 heterocycles. The van der Waals surface area contributed by atoms with E-state index in [9.17, 15) is 9.59 Å². The summed E-state index contributed by atoms with van der Waals surface area (Å²) in [5.74, 6) is -0.299. The lowest BCUT2D eigenvalue weighted by Gasteiger charge is -2.12. The lowest BCUT2D eigenvalue weighted by molar-refractivity contribution is 0.0691. The van der Waals surface area contributed by atoms with Gasteiger partial charge in [0.2, 0.25) is 0 Å². The fraction of sp³-hybridized carbons (Fsp3) is 0.353. The van der Waals surface area contributed by atoms with Crippen molar-refractivity contribution in [1.82, 2.24) is 10.3 Å². The van der Waals surface area contributed by atoms with Crippen molar-refractivity contribution in [3.05, 3.63) is 39.8 Å². The number of nitrogens with one attached hydrogen (secondary N) is 1. The van der Waals surface area contributed by atoms with Crippen LogP contribution in [0, 0.1) is 0 Å². The van der Waals surface area contributed by atoms with Crippen LogP contribution in [-0.2, 0) is 6.54 Å². The molecule has 7 nitrogen and oxygen atoms in total. The van der Waals surface area contributed by atoms with Crippen LogP contribution >= 0.6 is 11.3 Å². The molecule has 2 N–H and O–H groups in total. The van der Waals surface area contributed by atoms with E-state index < -0.39 is 5.97 Å². The number of methoxy groups -OCH3 is 1. The Balaban J connectivity index is 1.99. The Morgan fingerprint density at radius 2 is 2.12 bits per heavy atom. The quantitative estimate of drug-likeness (QED) is 0.664. The zero-order valence-corrected chi connectivity index (χ0v) is 14.9. The van der Waals surface area contributed by atoms with E-state index in [0.29, 0.717) is 28.7 Å². The van der Waals surface area contributed by atoms with Gasteiger partial charge in [-0.2, -0.15) is 0 Å². The van der Waals surface area contributed by atoms with Crippen LogP contribution in [-0.4, -0.2) is 35.7 Å². The topological polar surface area (TPSA) is 97.8 Å². The van der Waals surface area contributed by atoms with Crippen LogP contribution in [0.1, 0.15) is 45.6 Å². The molecule has 1 aromatic carbocycles. The molecular weight excluding hydrogens is 344 g/mol. The Morgan fingerprint density at radius 3 is 2.76 bits per heavy atom. The van der Waals surface area contributed by atoms with E-state index in [-0.39, 0.29) is 18.1 Å². The highest BCUT2D eigenvalue weighted by Gasteiger charge is 2.13. The van der Waals surface area contributed by atoms with Gasteiger partial charge in [0, 0.05) is 10.9 Å². The fourth-order valence-corrected chi connectivity index (χ4v) is 2.71. The highest BCUT2D eigenvalue weighted by Crippen LogP contribution is 2.28. The number of carboxylic acids is 1. The number of unbranched alkanes of at least 4 members (excludes halogenated alkanes) is 1. The number of carboxylic acid groups (broad SMARTS) is 1. The molecule has 0 unspecified atom stereocenters. The fourth-order valence-electron chi connectivity index (χ4n) is 2.00. The summed E-state index contributed by atoms with van der Waals surface area (Å²) in [5.41, 5.74) is 0.402. The van der Waals surface area contributed by atoms with Gasteiger partial charge in [0.15, 0.2) is 17.2 Å². The van der Waals surface area contributed by atoms with E-state index in [1.807, 2.05) is 0 Å². The van der Waals surface area contributed by atoms with E-state index in [0.717, 1.165) is 12.8 Å². The number of thiazole rings is 1. The number of nitrogens with zero attached hydrogens (tertiary/aromatic N) is 1. The molecule has 0 aliphatic heterocycles. The number of carbonyl (C=O) groups excluding carboxylic acids is 1. The maximum atomic E-state index is 12.3. The predicted molar refractivity (Wildman–Crippen MR) is 93.6 cm³/mol. The van der Waals surface area contributed by atoms with Gasteiger partial charge in [-0.3, -0.25) is 4.79 Å². The minimum atomic E-state index is -1.09. The van der Waals surface area contributed by atoms with E-state index in [2.05, 4.69) is 17.2 Å². The van der Waals surface area contributed by atoms with Crippen molar-refractivity contribution in [3.63, 3.8) is 0 Å². The summed E-state index contributed by atoms with van der Waals surface area (Å²) in [6, 6.07) is 4.97. The lowest BCUT2D eigenvalue weighted by Crippen LogP contribution is -2.22. The maximum absolute atomic E-state index is 12.3. The summed E-state index contributed by atoms with van der Waals surface area (Å²) < 4.78 is 10.9. The van der Waals surface area contributed by atoms with Gasteiger partial charge in [0.25, 0.3) is 5.91 Å². The van der Waals surface area contributed by atoms with Crippen LogP contribution < -0.4 is 14.8 Å². The van der Waals surface area contributed by atoms with Crippen LogP contribution in [0.3, 0.4) is 0 Å². The van der Waals surface area contributed by atoms with Gasteiger partial charge in [-0.05, 0) is 24.6 Å². The Morgan fingerprint density at radius 1 is 1.32 bits per heavy atom. The molecule has 0 bridgehead atoms. The average molecular weight is 364 g/mol. The van der Waals surface area contributed by atoms with Crippen LogP contribution in [0.15, 0.2) is 23.6 Å². The van der Waals surface area contributed by atoms with Crippen LogP contribution in [0.5, 0.6) is 11.5 Å². The Bertz CT molecular complexity index is 744. The van der Waals surface area contributed by atoms with E-state index in [1.54, 1.807) is 18.2 Å². The second kappa shape index (κ2) is 9.03. The standard InChI is InChI=1S/C17H20N2O5S/c1-3-4-7-24-13-6-5-11(8-14(13)23-2)16(20)18-9-15-19-12(10-25-15)17(21)22/h5-6,8,10H,3-4,7,9H2,1-2H3,(H,18,20)(H,21,22). The summed E-state index contributed by atoms with van der Waals surface area (Å²) in [7, 11) is 1.52. The van der Waals surface area contributed by atoms with Gasteiger partial charge in [-0.25, -0.2) is 9.78 Å². The molecule has 0 saturated heterocycles. The van der Waals surface area contributed by atoms with Crippen LogP contribution in [0.4, 0.5) is 0 Å². The van der Waals surface area contributed by atoms with Crippen LogP contribution in [0.25, 0.3) is 0 Å². The molecule has 25 heavy (non-hydrogen) atoms. The lowest BCUT2D eigenvalue weighted by atomic mass is 10.2.